The highest BCUT2D eigenvalue weighted by molar-refractivity contribution is 5.99. The molecule has 9 rings (SSSR count). The lowest BCUT2D eigenvalue weighted by Gasteiger charge is -2.26. The summed E-state index contributed by atoms with van der Waals surface area (Å²) in [6.07, 6.45) is 11.3. The Bertz CT molecular complexity index is 4250. The van der Waals surface area contributed by atoms with Gasteiger partial charge in [-0.3, -0.25) is 19.2 Å². The zero-order valence-electron chi connectivity index (χ0n) is 49.8. The minimum Gasteiger partial charge on any atom is -0.497 e. The summed E-state index contributed by atoms with van der Waals surface area (Å²) in [6.45, 7) is 29.4. The highest BCUT2D eigenvalue weighted by Crippen LogP contribution is 2.38. The predicted octanol–water partition coefficient (Wildman–Crippen LogP) is 17.3. The fraction of sp³-hybridized carbons (Fsp3) is 0.0256. The number of methoxy groups -OCH3 is 2. The van der Waals surface area contributed by atoms with Crippen molar-refractivity contribution in [3.8, 4) is 11.5 Å². The Morgan fingerprint density at radius 1 is 0.290 bits per heavy atom. The van der Waals surface area contributed by atoms with Crippen LogP contribution >= 0.6 is 0 Å². The average molecular weight is 1220 g/mol. The van der Waals surface area contributed by atoms with Crippen molar-refractivity contribution in [1.29, 1.82) is 0 Å². The Labute approximate surface area is 536 Å². The Balaban J connectivity index is 1.15. The normalized spacial score (nSPS) is 11.2. The second-order valence-corrected chi connectivity index (χ2v) is 20.5. The summed E-state index contributed by atoms with van der Waals surface area (Å²) < 4.78 is 11.0. The zero-order valence-corrected chi connectivity index (χ0v) is 49.8. The molecular weight excluding hydrogens is 1170 g/mol. The largest absolute Gasteiger partial charge is 0.497 e. The van der Waals surface area contributed by atoms with Gasteiger partial charge in [0, 0.05) is 17.1 Å². The summed E-state index contributed by atoms with van der Waals surface area (Å²) in [6, 6.07) is 68.2. The first-order valence-corrected chi connectivity index (χ1v) is 28.3. The summed E-state index contributed by atoms with van der Waals surface area (Å²) in [5.41, 5.74) is 12.7. The molecule has 0 spiro atoms. The first kappa shape index (κ1) is 63.9. The van der Waals surface area contributed by atoms with Gasteiger partial charge in [-0.2, -0.15) is 0 Å². The molecule has 0 radical (unpaired) electrons. The Kier molecular flexibility index (Phi) is 20.5. The smallest absolute Gasteiger partial charge is 0.333 e. The third kappa shape index (κ3) is 16.1. The van der Waals surface area contributed by atoms with Gasteiger partial charge < -0.3 is 34.8 Å². The standard InChI is InChI=1S/C78H53N5O10/c1-79-71(75(84)85)46-53-7-21-57(22-8-53)68(58-23-9-54(10-24-58)47-72(80-2)76(86)87)43-50-15-33-63(34-16-50)83(65-37-19-52(20-38-65)45-70(61-29-39-66(92-5)40-30-61)62-31-41-67(93-6)42-32-62)64-35-17-51(18-36-64)44-69(59-25-11-55(12-26-59)48-73(81-3)77(88)89)60-27-13-56(14-28-60)49-74(82-4)78(90)91/h7-49H,5-6H3,(H,84,85)(H,86,87)(H,88,89)(H,90,91)/b71-46-,72-47-,73-48-,74-49-. The minimum absolute atomic E-state index is 0.437. The second-order valence-electron chi connectivity index (χ2n) is 20.5. The van der Waals surface area contributed by atoms with E-state index in [9.17, 15) is 39.6 Å². The van der Waals surface area contributed by atoms with Crippen molar-refractivity contribution in [2.75, 3.05) is 19.1 Å². The van der Waals surface area contributed by atoms with Gasteiger partial charge in [-0.1, -0.05) is 158 Å². The summed E-state index contributed by atoms with van der Waals surface area (Å²) in [7, 11) is 3.26. The summed E-state index contributed by atoms with van der Waals surface area (Å²) >= 11 is 0. The summed E-state index contributed by atoms with van der Waals surface area (Å²) in [4.78, 5) is 61.4. The van der Waals surface area contributed by atoms with Gasteiger partial charge >= 0.3 is 23.9 Å². The van der Waals surface area contributed by atoms with E-state index in [1.807, 2.05) is 170 Å². The number of benzene rings is 9. The molecule has 0 amide bonds. The van der Waals surface area contributed by atoms with E-state index >= 15 is 0 Å². The van der Waals surface area contributed by atoms with E-state index in [0.29, 0.717) is 22.3 Å². The first-order chi connectivity index (χ1) is 45.1. The SMILES string of the molecule is [C-]#[N+]/C(=C\c1ccc(C(=Cc2ccc(N(c3ccc(C=C(c4ccc(/C=C(\[N+]#[C-])C(=O)O)cc4)c4ccc(/C=C(\[N+]#[C-])C(=O)O)cc4)cc3)c3ccc(C=C(c4ccc(OC)cc4)c4ccc(OC)cc4)cc3)cc2)c2ccc(/C=C(\[N+]#[C-])C(=O)O)cc2)cc1)C(=O)O. The van der Waals surface area contributed by atoms with E-state index in [2.05, 4.69) is 42.5 Å². The summed E-state index contributed by atoms with van der Waals surface area (Å²) in [5.74, 6) is -3.91. The van der Waals surface area contributed by atoms with E-state index in [4.69, 9.17) is 35.8 Å². The lowest BCUT2D eigenvalue weighted by molar-refractivity contribution is -0.133. The maximum atomic E-state index is 11.7. The molecule has 0 unspecified atom stereocenters. The van der Waals surface area contributed by atoms with Gasteiger partial charge in [0.15, 0.2) is 0 Å². The molecule has 0 aliphatic carbocycles. The van der Waals surface area contributed by atoms with Crippen LogP contribution in [0.5, 0.6) is 11.5 Å². The van der Waals surface area contributed by atoms with Gasteiger partial charge in [-0.05, 0) is 192 Å². The Morgan fingerprint density at radius 3 is 0.634 bits per heavy atom. The summed E-state index contributed by atoms with van der Waals surface area (Å²) in [5, 5.41) is 38.1. The van der Waals surface area contributed by atoms with Gasteiger partial charge in [0.2, 0.25) is 0 Å². The number of carboxylic acids is 4. The van der Waals surface area contributed by atoms with Gasteiger partial charge in [-0.25, -0.2) is 19.4 Å². The molecule has 0 fully saturated rings. The molecule has 450 valence electrons. The van der Waals surface area contributed by atoms with E-state index < -0.39 is 46.7 Å². The highest BCUT2D eigenvalue weighted by Gasteiger charge is 2.17. The van der Waals surface area contributed by atoms with Crippen molar-refractivity contribution in [2.24, 2.45) is 0 Å². The molecule has 0 aromatic heterocycles. The number of nitrogens with zero attached hydrogens (tertiary/aromatic N) is 5. The van der Waals surface area contributed by atoms with E-state index in [1.165, 1.54) is 24.3 Å². The van der Waals surface area contributed by atoms with Crippen LogP contribution in [0.2, 0.25) is 0 Å². The Morgan fingerprint density at radius 2 is 0.462 bits per heavy atom. The topological polar surface area (TPSA) is 188 Å². The maximum absolute atomic E-state index is 11.7. The number of anilines is 3. The van der Waals surface area contributed by atoms with Crippen molar-refractivity contribution in [2.45, 2.75) is 0 Å². The molecule has 0 bridgehead atoms. The van der Waals surface area contributed by atoms with Crippen LogP contribution in [0, 0.1) is 26.3 Å². The van der Waals surface area contributed by atoms with Crippen molar-refractivity contribution in [1.82, 2.24) is 0 Å². The zero-order chi connectivity index (χ0) is 66.0. The van der Waals surface area contributed by atoms with Crippen LogP contribution in [0.15, 0.2) is 241 Å². The molecule has 0 heterocycles. The second kappa shape index (κ2) is 29.9. The van der Waals surface area contributed by atoms with Gasteiger partial charge in [-0.15, -0.1) is 0 Å². The van der Waals surface area contributed by atoms with Crippen molar-refractivity contribution in [3.63, 3.8) is 0 Å². The molecule has 15 heteroatoms. The van der Waals surface area contributed by atoms with Crippen LogP contribution in [0.3, 0.4) is 0 Å². The molecule has 93 heavy (non-hydrogen) atoms. The molecule has 0 aliphatic rings. The average Bonchev–Trinajstić information content (AvgIpc) is 0.867. The number of rotatable bonds is 22. The van der Waals surface area contributed by atoms with Crippen LogP contribution in [0.4, 0.5) is 17.1 Å². The highest BCUT2D eigenvalue weighted by atomic mass is 16.5. The molecule has 9 aromatic rings. The molecule has 15 nitrogen and oxygen atoms in total. The monoisotopic (exact) mass is 1220 g/mol. The molecule has 0 aliphatic heterocycles. The number of carbonyl (C=O) groups is 4. The van der Waals surface area contributed by atoms with Crippen LogP contribution in [-0.2, 0) is 19.2 Å². The molecule has 4 N–H and O–H groups in total. The third-order valence-corrected chi connectivity index (χ3v) is 14.6. The number of carboxylic acid groups (broad SMARTS) is 4. The lowest BCUT2D eigenvalue weighted by Crippen LogP contribution is -2.09. The fourth-order valence-electron chi connectivity index (χ4n) is 9.88. The maximum Gasteiger partial charge on any atom is 0.333 e. The first-order valence-electron chi connectivity index (χ1n) is 28.3. The van der Waals surface area contributed by atoms with Crippen LogP contribution < -0.4 is 14.4 Å². The molecular formula is C78H53N5O10. The predicted molar refractivity (Wildman–Crippen MR) is 363 cm³/mol. The fourth-order valence-corrected chi connectivity index (χ4v) is 9.88. The van der Waals surface area contributed by atoms with Crippen LogP contribution in [0.25, 0.3) is 78.6 Å². The molecule has 0 atom stereocenters. The minimum atomic E-state index is -1.34. The number of ether oxygens (including phenoxy) is 2. The van der Waals surface area contributed by atoms with E-state index in [-0.39, 0.29) is 0 Å². The van der Waals surface area contributed by atoms with E-state index in [1.54, 1.807) is 62.8 Å². The lowest BCUT2D eigenvalue weighted by atomic mass is 9.93. The van der Waals surface area contributed by atoms with Crippen LogP contribution in [0.1, 0.15) is 72.3 Å². The molecule has 0 saturated heterocycles. The quantitative estimate of drug-likeness (QED) is 0.0287. The third-order valence-electron chi connectivity index (χ3n) is 14.6. The number of hydrogen-bond donors (Lipinski definition) is 4. The van der Waals surface area contributed by atoms with Gasteiger partial charge in [0.05, 0.1) is 40.5 Å². The van der Waals surface area contributed by atoms with Gasteiger partial charge in [0.1, 0.15) is 11.5 Å². The number of hydrogen-bond acceptors (Lipinski definition) is 7. The molecule has 0 saturated carbocycles. The van der Waals surface area contributed by atoms with Crippen molar-refractivity contribution < 1.29 is 49.1 Å². The number of aliphatic carboxylic acids is 4. The Hall–Kier alpha value is -13.6. The van der Waals surface area contributed by atoms with E-state index in [0.717, 1.165) is 95.4 Å². The van der Waals surface area contributed by atoms with Gasteiger partial charge in [0.25, 0.3) is 22.8 Å². The van der Waals surface area contributed by atoms with Crippen molar-refractivity contribution in [3.05, 3.63) is 359 Å². The van der Waals surface area contributed by atoms with Crippen LogP contribution in [-0.4, -0.2) is 58.5 Å². The molecule has 9 aromatic carbocycles. The van der Waals surface area contributed by atoms with Crippen molar-refractivity contribution >= 4 is 100 Å².